The number of benzene rings is 1. The van der Waals surface area contributed by atoms with E-state index in [1.807, 2.05) is 24.3 Å². The molecular formula is C16H22O3. The lowest BCUT2D eigenvalue weighted by atomic mass is 9.90. The highest BCUT2D eigenvalue weighted by Crippen LogP contribution is 2.33. The van der Waals surface area contributed by atoms with Gasteiger partial charge in [-0.2, -0.15) is 0 Å². The van der Waals surface area contributed by atoms with Crippen molar-refractivity contribution in [2.24, 2.45) is 5.92 Å². The number of hydrogen-bond acceptors (Lipinski definition) is 3. The quantitative estimate of drug-likeness (QED) is 0.909. The van der Waals surface area contributed by atoms with Crippen molar-refractivity contribution in [3.05, 3.63) is 29.8 Å². The molecule has 3 rings (SSSR count). The van der Waals surface area contributed by atoms with Crippen LogP contribution in [0, 0.1) is 5.92 Å². The van der Waals surface area contributed by atoms with Crippen LogP contribution < -0.4 is 4.74 Å². The zero-order valence-corrected chi connectivity index (χ0v) is 11.3. The van der Waals surface area contributed by atoms with Crippen LogP contribution in [0.3, 0.4) is 0 Å². The second-order valence-electron chi connectivity index (χ2n) is 5.67. The lowest BCUT2D eigenvalue weighted by Gasteiger charge is -2.32. The number of para-hydroxylation sites is 1. The van der Waals surface area contributed by atoms with Crippen LogP contribution in [0.5, 0.6) is 5.75 Å². The molecule has 1 aliphatic carbocycles. The van der Waals surface area contributed by atoms with E-state index >= 15 is 0 Å². The first-order valence-electron chi connectivity index (χ1n) is 7.36. The Hall–Kier alpha value is -1.06. The van der Waals surface area contributed by atoms with Crippen LogP contribution in [0.15, 0.2) is 24.3 Å². The minimum absolute atomic E-state index is 0.225. The molecule has 0 amide bonds. The maximum absolute atomic E-state index is 10.3. The summed E-state index contributed by atoms with van der Waals surface area (Å²) in [6.07, 6.45) is 5.74. The van der Waals surface area contributed by atoms with Crippen LogP contribution in [0.25, 0.3) is 0 Å². The molecule has 0 bridgehead atoms. The number of hydrogen-bond donors (Lipinski definition) is 1. The molecule has 1 fully saturated rings. The average molecular weight is 262 g/mol. The second-order valence-corrected chi connectivity index (χ2v) is 5.67. The van der Waals surface area contributed by atoms with Gasteiger partial charge in [0, 0.05) is 5.56 Å². The molecule has 19 heavy (non-hydrogen) atoms. The molecule has 104 valence electrons. The predicted octanol–water partition coefficient (Wildman–Crippen LogP) is 3.08. The monoisotopic (exact) mass is 262 g/mol. The highest BCUT2D eigenvalue weighted by atomic mass is 16.5. The third kappa shape index (κ3) is 2.93. The molecule has 1 N–H and O–H groups in total. The zero-order valence-electron chi connectivity index (χ0n) is 11.3. The van der Waals surface area contributed by atoms with Crippen LogP contribution in [-0.2, 0) is 4.74 Å². The molecule has 2 aliphatic rings. The summed E-state index contributed by atoms with van der Waals surface area (Å²) in [6.45, 7) is 1.21. The molecule has 0 saturated heterocycles. The summed E-state index contributed by atoms with van der Waals surface area (Å²) in [5.74, 6) is 1.45. The van der Waals surface area contributed by atoms with E-state index in [0.717, 1.165) is 17.9 Å². The first kappa shape index (κ1) is 12.9. The van der Waals surface area contributed by atoms with Gasteiger partial charge in [0.05, 0.1) is 6.61 Å². The Morgan fingerprint density at radius 2 is 1.95 bits per heavy atom. The van der Waals surface area contributed by atoms with E-state index in [4.69, 9.17) is 9.47 Å². The van der Waals surface area contributed by atoms with E-state index in [-0.39, 0.29) is 6.10 Å². The summed E-state index contributed by atoms with van der Waals surface area (Å²) in [5.41, 5.74) is 0.849. The minimum Gasteiger partial charge on any atom is -0.490 e. The van der Waals surface area contributed by atoms with Gasteiger partial charge < -0.3 is 14.6 Å². The highest BCUT2D eigenvalue weighted by Gasteiger charge is 2.30. The summed E-state index contributed by atoms with van der Waals surface area (Å²) >= 11 is 0. The molecule has 1 heterocycles. The van der Waals surface area contributed by atoms with E-state index in [9.17, 15) is 5.11 Å². The average Bonchev–Trinajstić information content (AvgIpc) is 2.48. The minimum atomic E-state index is -0.562. The van der Waals surface area contributed by atoms with Crippen molar-refractivity contribution in [1.82, 2.24) is 0 Å². The molecule has 1 saturated carbocycles. The largest absolute Gasteiger partial charge is 0.490 e. The van der Waals surface area contributed by atoms with Crippen LogP contribution in [0.1, 0.15) is 43.8 Å². The smallest absolute Gasteiger partial charge is 0.125 e. The fourth-order valence-corrected chi connectivity index (χ4v) is 3.07. The van der Waals surface area contributed by atoms with E-state index < -0.39 is 6.10 Å². The van der Waals surface area contributed by atoms with Gasteiger partial charge in [-0.05, 0) is 24.8 Å². The number of rotatable bonds is 3. The van der Waals surface area contributed by atoms with Crippen LogP contribution in [0.2, 0.25) is 0 Å². The van der Waals surface area contributed by atoms with E-state index in [2.05, 4.69) is 0 Å². The normalized spacial score (nSPS) is 27.6. The Bertz CT molecular complexity index is 412. The Labute approximate surface area is 114 Å². The highest BCUT2D eigenvalue weighted by molar-refractivity contribution is 5.37. The van der Waals surface area contributed by atoms with Gasteiger partial charge in [0.1, 0.15) is 24.6 Å². The topological polar surface area (TPSA) is 38.7 Å². The SMILES string of the molecule is OC1c2ccccc2OCC1OCC1CCCCC1. The molecule has 0 radical (unpaired) electrons. The molecule has 2 atom stereocenters. The first-order valence-corrected chi connectivity index (χ1v) is 7.36. The molecular weight excluding hydrogens is 240 g/mol. The van der Waals surface area contributed by atoms with Gasteiger partial charge in [-0.1, -0.05) is 37.5 Å². The van der Waals surface area contributed by atoms with Crippen molar-refractivity contribution < 1.29 is 14.6 Å². The summed E-state index contributed by atoms with van der Waals surface area (Å²) in [6, 6.07) is 7.66. The first-order chi connectivity index (χ1) is 9.34. The van der Waals surface area contributed by atoms with Gasteiger partial charge in [0.15, 0.2) is 0 Å². The Balaban J connectivity index is 1.57. The van der Waals surface area contributed by atoms with Gasteiger partial charge in [0.25, 0.3) is 0 Å². The van der Waals surface area contributed by atoms with E-state index in [1.165, 1.54) is 32.1 Å². The van der Waals surface area contributed by atoms with Gasteiger partial charge in [-0.3, -0.25) is 0 Å². The maximum atomic E-state index is 10.3. The number of aliphatic hydroxyl groups is 1. The van der Waals surface area contributed by atoms with Crippen molar-refractivity contribution in [3.8, 4) is 5.75 Å². The summed E-state index contributed by atoms with van der Waals surface area (Å²) < 4.78 is 11.6. The predicted molar refractivity (Wildman–Crippen MR) is 73.2 cm³/mol. The zero-order chi connectivity index (χ0) is 13.1. The second kappa shape index (κ2) is 5.93. The summed E-state index contributed by atoms with van der Waals surface area (Å²) in [4.78, 5) is 0. The fourth-order valence-electron chi connectivity index (χ4n) is 3.07. The number of ether oxygens (including phenoxy) is 2. The Kier molecular flexibility index (Phi) is 4.04. The Morgan fingerprint density at radius 1 is 1.16 bits per heavy atom. The summed E-state index contributed by atoms with van der Waals surface area (Å²) in [5, 5.41) is 10.3. The lowest BCUT2D eigenvalue weighted by Crippen LogP contribution is -2.34. The van der Waals surface area contributed by atoms with Crippen molar-refractivity contribution in [2.45, 2.75) is 44.3 Å². The summed E-state index contributed by atoms with van der Waals surface area (Å²) in [7, 11) is 0. The molecule has 1 aromatic rings. The van der Waals surface area contributed by atoms with Crippen LogP contribution in [0.4, 0.5) is 0 Å². The number of fused-ring (bicyclic) bond motifs is 1. The molecule has 1 aromatic carbocycles. The van der Waals surface area contributed by atoms with Gasteiger partial charge in [0.2, 0.25) is 0 Å². The molecule has 2 unspecified atom stereocenters. The number of aliphatic hydroxyl groups excluding tert-OH is 1. The maximum Gasteiger partial charge on any atom is 0.125 e. The lowest BCUT2D eigenvalue weighted by molar-refractivity contribution is -0.0841. The van der Waals surface area contributed by atoms with Gasteiger partial charge >= 0.3 is 0 Å². The van der Waals surface area contributed by atoms with E-state index in [0.29, 0.717) is 12.5 Å². The van der Waals surface area contributed by atoms with Crippen molar-refractivity contribution in [2.75, 3.05) is 13.2 Å². The van der Waals surface area contributed by atoms with Crippen molar-refractivity contribution in [3.63, 3.8) is 0 Å². The molecule has 0 spiro atoms. The Morgan fingerprint density at radius 3 is 2.79 bits per heavy atom. The fraction of sp³-hybridized carbons (Fsp3) is 0.625. The van der Waals surface area contributed by atoms with Crippen LogP contribution in [-0.4, -0.2) is 24.4 Å². The molecule has 3 heteroatoms. The van der Waals surface area contributed by atoms with Gasteiger partial charge in [-0.25, -0.2) is 0 Å². The van der Waals surface area contributed by atoms with E-state index in [1.54, 1.807) is 0 Å². The van der Waals surface area contributed by atoms with Crippen LogP contribution >= 0.6 is 0 Å². The molecule has 0 aromatic heterocycles. The van der Waals surface area contributed by atoms with Crippen molar-refractivity contribution >= 4 is 0 Å². The van der Waals surface area contributed by atoms with Gasteiger partial charge in [-0.15, -0.1) is 0 Å². The van der Waals surface area contributed by atoms with Crippen molar-refractivity contribution in [1.29, 1.82) is 0 Å². The molecule has 3 nitrogen and oxygen atoms in total. The molecule has 1 aliphatic heterocycles. The third-order valence-electron chi connectivity index (χ3n) is 4.26. The standard InChI is InChI=1S/C16H22O3/c17-16-13-8-4-5-9-14(13)19-11-15(16)18-10-12-6-2-1-3-7-12/h4-5,8-9,12,15-17H,1-3,6-7,10-11H2. The third-order valence-corrected chi connectivity index (χ3v) is 4.26.